The highest BCUT2D eigenvalue weighted by molar-refractivity contribution is 6.20. The van der Waals surface area contributed by atoms with Crippen LogP contribution >= 0.6 is 0 Å². The Hall–Kier alpha value is -6.52. The standard InChI is InChI=1S/C46H33N3O/c1-30-20-24-41-43(26-30)50-44-27-31(2)21-25-42(44)48(41)34-16-11-17-35(28-34)49-40-19-10-9-18-36(40)37-22-23-38-39(32-12-5-3-6-13-32)29-47(45(38)46(37)49)33-14-7-4-8-15-33/h3-29H,1-2H3. The maximum atomic E-state index is 6.50. The van der Waals surface area contributed by atoms with Crippen molar-refractivity contribution in [3.05, 3.63) is 175 Å². The molecule has 0 N–H and O–H groups in total. The van der Waals surface area contributed by atoms with Gasteiger partial charge in [-0.1, -0.05) is 97.1 Å². The molecule has 1 aliphatic rings. The molecule has 4 heteroatoms. The van der Waals surface area contributed by atoms with E-state index in [2.05, 4.69) is 192 Å². The van der Waals surface area contributed by atoms with Crippen LogP contribution in [0, 0.1) is 13.8 Å². The highest BCUT2D eigenvalue weighted by Crippen LogP contribution is 2.51. The van der Waals surface area contributed by atoms with Gasteiger partial charge >= 0.3 is 0 Å². The van der Waals surface area contributed by atoms with Crippen LogP contribution in [0.3, 0.4) is 0 Å². The number of rotatable bonds is 4. The van der Waals surface area contributed by atoms with Crippen molar-refractivity contribution in [2.75, 3.05) is 4.90 Å². The summed E-state index contributed by atoms with van der Waals surface area (Å²) >= 11 is 0. The molecule has 7 aromatic carbocycles. The third-order valence-corrected chi connectivity index (χ3v) is 10.00. The molecule has 0 atom stereocenters. The van der Waals surface area contributed by atoms with Gasteiger partial charge in [0.15, 0.2) is 11.5 Å². The molecule has 10 rings (SSSR count). The molecule has 2 aromatic heterocycles. The molecule has 0 aliphatic carbocycles. The number of hydrogen-bond acceptors (Lipinski definition) is 2. The van der Waals surface area contributed by atoms with E-state index in [0.29, 0.717) is 0 Å². The van der Waals surface area contributed by atoms with Crippen molar-refractivity contribution in [1.82, 2.24) is 9.13 Å². The number of anilines is 3. The Morgan fingerprint density at radius 2 is 1.08 bits per heavy atom. The zero-order chi connectivity index (χ0) is 33.3. The zero-order valence-electron chi connectivity index (χ0n) is 27.8. The van der Waals surface area contributed by atoms with Crippen LogP contribution in [-0.4, -0.2) is 9.13 Å². The monoisotopic (exact) mass is 643 g/mol. The molecule has 4 nitrogen and oxygen atoms in total. The van der Waals surface area contributed by atoms with E-state index in [9.17, 15) is 0 Å². The predicted octanol–water partition coefficient (Wildman–Crippen LogP) is 12.6. The number of aromatic nitrogens is 2. The predicted molar refractivity (Wildman–Crippen MR) is 207 cm³/mol. The molecule has 0 saturated carbocycles. The van der Waals surface area contributed by atoms with Gasteiger partial charge in [0.25, 0.3) is 0 Å². The van der Waals surface area contributed by atoms with E-state index in [1.807, 2.05) is 0 Å². The van der Waals surface area contributed by atoms with Crippen molar-refractivity contribution in [3.63, 3.8) is 0 Å². The molecule has 0 radical (unpaired) electrons. The van der Waals surface area contributed by atoms with Gasteiger partial charge < -0.3 is 18.8 Å². The number of hydrogen-bond donors (Lipinski definition) is 0. The summed E-state index contributed by atoms with van der Waals surface area (Å²) in [6, 6.07) is 56.6. The summed E-state index contributed by atoms with van der Waals surface area (Å²) < 4.78 is 11.3. The Bertz CT molecular complexity index is 2700. The lowest BCUT2D eigenvalue weighted by atomic mass is 10.0. The Morgan fingerprint density at radius 3 is 1.82 bits per heavy atom. The Balaban J connectivity index is 1.28. The van der Waals surface area contributed by atoms with E-state index in [1.54, 1.807) is 0 Å². The maximum Gasteiger partial charge on any atom is 0.151 e. The van der Waals surface area contributed by atoms with Crippen LogP contribution in [0.2, 0.25) is 0 Å². The highest BCUT2D eigenvalue weighted by atomic mass is 16.5. The second-order valence-electron chi connectivity index (χ2n) is 13.2. The SMILES string of the molecule is Cc1ccc2c(c1)Oc1cc(C)ccc1N2c1cccc(-n2c3ccccc3c3ccc4c(-c5ccccc5)cn(-c5ccccc5)c4c32)c1. The van der Waals surface area contributed by atoms with Gasteiger partial charge in [-0.2, -0.15) is 0 Å². The first-order valence-electron chi connectivity index (χ1n) is 17.1. The Kier molecular flexibility index (Phi) is 6.27. The largest absolute Gasteiger partial charge is 0.453 e. The van der Waals surface area contributed by atoms with Crippen LogP contribution in [0.4, 0.5) is 17.1 Å². The molecule has 0 spiro atoms. The molecular weight excluding hydrogens is 611 g/mol. The van der Waals surface area contributed by atoms with E-state index in [-0.39, 0.29) is 0 Å². The van der Waals surface area contributed by atoms with Gasteiger partial charge in [-0.25, -0.2) is 0 Å². The van der Waals surface area contributed by atoms with Gasteiger partial charge in [0.05, 0.1) is 27.9 Å². The van der Waals surface area contributed by atoms with Crippen LogP contribution < -0.4 is 9.64 Å². The Labute approximate surface area is 290 Å². The Morgan fingerprint density at radius 1 is 0.460 bits per heavy atom. The molecule has 3 heterocycles. The zero-order valence-corrected chi connectivity index (χ0v) is 27.8. The highest BCUT2D eigenvalue weighted by Gasteiger charge is 2.27. The fourth-order valence-corrected chi connectivity index (χ4v) is 7.75. The normalized spacial score (nSPS) is 12.3. The van der Waals surface area contributed by atoms with E-state index in [1.165, 1.54) is 55.0 Å². The van der Waals surface area contributed by atoms with E-state index < -0.39 is 0 Å². The number of nitrogens with zero attached hydrogens (tertiary/aromatic N) is 3. The molecule has 50 heavy (non-hydrogen) atoms. The van der Waals surface area contributed by atoms with Gasteiger partial charge in [-0.15, -0.1) is 0 Å². The summed E-state index contributed by atoms with van der Waals surface area (Å²) in [5.41, 5.74) is 13.6. The van der Waals surface area contributed by atoms with E-state index in [0.717, 1.165) is 39.9 Å². The van der Waals surface area contributed by atoms with Gasteiger partial charge in [-0.3, -0.25) is 0 Å². The number of ether oxygens (including phenoxy) is 1. The van der Waals surface area contributed by atoms with E-state index >= 15 is 0 Å². The van der Waals surface area contributed by atoms with Crippen molar-refractivity contribution < 1.29 is 4.74 Å². The lowest BCUT2D eigenvalue weighted by Gasteiger charge is -2.33. The topological polar surface area (TPSA) is 22.3 Å². The molecular formula is C46H33N3O. The molecule has 238 valence electrons. The van der Waals surface area contributed by atoms with Crippen molar-refractivity contribution in [3.8, 4) is 34.0 Å². The number of fused-ring (bicyclic) bond motifs is 7. The molecule has 0 amide bonds. The van der Waals surface area contributed by atoms with Crippen LogP contribution in [0.1, 0.15) is 11.1 Å². The number of benzene rings is 7. The first-order valence-corrected chi connectivity index (χ1v) is 17.1. The summed E-state index contributed by atoms with van der Waals surface area (Å²) in [7, 11) is 0. The molecule has 0 unspecified atom stereocenters. The van der Waals surface area contributed by atoms with Gasteiger partial charge in [-0.05, 0) is 91.2 Å². The van der Waals surface area contributed by atoms with Gasteiger partial charge in [0, 0.05) is 45.0 Å². The summed E-state index contributed by atoms with van der Waals surface area (Å²) in [6.45, 7) is 4.22. The fraction of sp³-hybridized carbons (Fsp3) is 0.0435. The molecule has 9 aromatic rings. The van der Waals surface area contributed by atoms with Crippen LogP contribution in [0.25, 0.3) is 55.2 Å². The lowest BCUT2D eigenvalue weighted by Crippen LogP contribution is -2.16. The second kappa shape index (κ2) is 11.0. The number of para-hydroxylation sites is 2. The third kappa shape index (κ3) is 4.32. The van der Waals surface area contributed by atoms with Crippen molar-refractivity contribution in [2.45, 2.75) is 13.8 Å². The molecule has 0 saturated heterocycles. The smallest absolute Gasteiger partial charge is 0.151 e. The average molecular weight is 644 g/mol. The number of aryl methyl sites for hydroxylation is 2. The minimum absolute atomic E-state index is 0.862. The molecule has 0 fully saturated rings. The minimum Gasteiger partial charge on any atom is -0.453 e. The van der Waals surface area contributed by atoms with Crippen LogP contribution in [-0.2, 0) is 0 Å². The average Bonchev–Trinajstić information content (AvgIpc) is 3.71. The second-order valence-corrected chi connectivity index (χ2v) is 13.2. The lowest BCUT2D eigenvalue weighted by molar-refractivity contribution is 0.476. The van der Waals surface area contributed by atoms with Gasteiger partial charge in [0.2, 0.25) is 0 Å². The molecule has 0 bridgehead atoms. The van der Waals surface area contributed by atoms with Crippen molar-refractivity contribution in [1.29, 1.82) is 0 Å². The summed E-state index contributed by atoms with van der Waals surface area (Å²) in [4.78, 5) is 2.33. The van der Waals surface area contributed by atoms with Gasteiger partial charge in [0.1, 0.15) is 0 Å². The quantitative estimate of drug-likeness (QED) is 0.190. The maximum absolute atomic E-state index is 6.50. The van der Waals surface area contributed by atoms with E-state index in [4.69, 9.17) is 4.74 Å². The fourth-order valence-electron chi connectivity index (χ4n) is 7.75. The minimum atomic E-state index is 0.862. The van der Waals surface area contributed by atoms with Crippen LogP contribution in [0.5, 0.6) is 11.5 Å². The first kappa shape index (κ1) is 28.5. The van der Waals surface area contributed by atoms with Crippen molar-refractivity contribution >= 4 is 49.8 Å². The van der Waals surface area contributed by atoms with Crippen molar-refractivity contribution in [2.24, 2.45) is 0 Å². The summed E-state index contributed by atoms with van der Waals surface area (Å²) in [5, 5.41) is 3.67. The van der Waals surface area contributed by atoms with Crippen LogP contribution in [0.15, 0.2) is 164 Å². The summed E-state index contributed by atoms with van der Waals surface area (Å²) in [6.07, 6.45) is 2.30. The molecule has 1 aliphatic heterocycles. The third-order valence-electron chi connectivity index (χ3n) is 10.00. The summed E-state index contributed by atoms with van der Waals surface area (Å²) in [5.74, 6) is 1.72. The first-order chi connectivity index (χ1) is 24.6.